The van der Waals surface area contributed by atoms with E-state index in [9.17, 15) is 19.5 Å². The Morgan fingerprint density at radius 1 is 1.27 bits per heavy atom. The molecule has 3 heterocycles. The van der Waals surface area contributed by atoms with Gasteiger partial charge < -0.3 is 20.6 Å². The zero-order chi connectivity index (χ0) is 22.6. The van der Waals surface area contributed by atoms with E-state index in [4.69, 9.17) is 0 Å². The van der Waals surface area contributed by atoms with Gasteiger partial charge in [0.1, 0.15) is 6.04 Å². The summed E-state index contributed by atoms with van der Waals surface area (Å²) in [5.74, 6) is -1.23. The molecule has 0 radical (unpaired) electrons. The van der Waals surface area contributed by atoms with E-state index < -0.39 is 34.2 Å². The first kappa shape index (κ1) is 23.4. The van der Waals surface area contributed by atoms with E-state index >= 15 is 0 Å². The van der Waals surface area contributed by atoms with Crippen LogP contribution in [0.1, 0.15) is 60.8 Å². The fourth-order valence-electron chi connectivity index (χ4n) is 5.87. The maximum absolute atomic E-state index is 13.8. The molecule has 1 spiro atoms. The van der Waals surface area contributed by atoms with Crippen LogP contribution < -0.4 is 10.6 Å². The van der Waals surface area contributed by atoms with Crippen LogP contribution in [-0.4, -0.2) is 68.5 Å². The van der Waals surface area contributed by atoms with Gasteiger partial charge in [-0.2, -0.15) is 0 Å². The lowest BCUT2D eigenvalue weighted by Gasteiger charge is -2.39. The molecule has 0 aromatic carbocycles. The summed E-state index contributed by atoms with van der Waals surface area (Å²) in [6.45, 7) is 11.7. The van der Waals surface area contributed by atoms with Crippen molar-refractivity contribution in [2.24, 2.45) is 17.8 Å². The fraction of sp³-hybridized carbons (Fsp3) is 0.864. The molecular weight excluding hydrogens is 402 g/mol. The van der Waals surface area contributed by atoms with Gasteiger partial charge in [0.25, 0.3) is 0 Å². The van der Waals surface area contributed by atoms with Gasteiger partial charge in [-0.3, -0.25) is 14.4 Å². The lowest BCUT2D eigenvalue weighted by molar-refractivity contribution is -0.143. The molecule has 2 unspecified atom stereocenters. The second kappa shape index (κ2) is 7.69. The summed E-state index contributed by atoms with van der Waals surface area (Å²) in [5, 5.41) is 16.0. The summed E-state index contributed by atoms with van der Waals surface area (Å²) in [7, 11) is 1.60. The van der Waals surface area contributed by atoms with E-state index in [2.05, 4.69) is 17.6 Å². The van der Waals surface area contributed by atoms with Gasteiger partial charge in [-0.1, -0.05) is 13.8 Å². The molecule has 0 aromatic heterocycles. The van der Waals surface area contributed by atoms with E-state index in [1.807, 2.05) is 34.6 Å². The zero-order valence-electron chi connectivity index (χ0n) is 19.2. The summed E-state index contributed by atoms with van der Waals surface area (Å²) in [5.41, 5.74) is -0.446. The molecule has 3 saturated heterocycles. The highest BCUT2D eigenvalue weighted by Gasteiger charge is 2.77. The van der Waals surface area contributed by atoms with Crippen molar-refractivity contribution in [1.82, 2.24) is 15.5 Å². The first-order valence-corrected chi connectivity index (χ1v) is 11.8. The molecule has 7 nitrogen and oxygen atoms in total. The summed E-state index contributed by atoms with van der Waals surface area (Å²) < 4.78 is -0.998. The normalized spacial score (nSPS) is 36.2. The Kier molecular flexibility index (Phi) is 6.00. The summed E-state index contributed by atoms with van der Waals surface area (Å²) in [4.78, 5) is 42.0. The molecule has 170 valence electrons. The number of nitrogens with one attached hydrogen (secondary N) is 2. The van der Waals surface area contributed by atoms with Crippen LogP contribution in [0.5, 0.6) is 0 Å². The van der Waals surface area contributed by atoms with Crippen molar-refractivity contribution in [3.05, 3.63) is 0 Å². The van der Waals surface area contributed by atoms with Gasteiger partial charge in [-0.15, -0.1) is 11.8 Å². The number of nitrogens with zero attached hydrogens (tertiary/aromatic N) is 1. The van der Waals surface area contributed by atoms with Crippen molar-refractivity contribution in [2.45, 2.75) is 87.9 Å². The summed E-state index contributed by atoms with van der Waals surface area (Å²) in [6, 6.07) is -1.13. The average molecular weight is 440 g/mol. The maximum atomic E-state index is 13.8. The van der Waals surface area contributed by atoms with Gasteiger partial charge in [-0.25, -0.2) is 0 Å². The number of amides is 3. The highest BCUT2D eigenvalue weighted by Crippen LogP contribution is 2.71. The van der Waals surface area contributed by atoms with E-state index in [-0.39, 0.29) is 35.0 Å². The minimum absolute atomic E-state index is 0.133. The molecule has 30 heavy (non-hydrogen) atoms. The van der Waals surface area contributed by atoms with Crippen LogP contribution in [0.25, 0.3) is 0 Å². The molecule has 0 saturated carbocycles. The van der Waals surface area contributed by atoms with E-state index in [0.29, 0.717) is 6.42 Å². The molecule has 3 fully saturated rings. The first-order chi connectivity index (χ1) is 13.8. The summed E-state index contributed by atoms with van der Waals surface area (Å²) in [6.07, 6.45) is 2.12. The number of rotatable bonds is 6. The number of hydrogen-bond donors (Lipinski definition) is 3. The molecule has 6 atom stereocenters. The number of aliphatic hydroxyl groups excluding tert-OH is 1. The minimum Gasteiger partial charge on any atom is -0.394 e. The third kappa shape index (κ3) is 3.53. The Labute approximate surface area is 184 Å². The van der Waals surface area contributed by atoms with Gasteiger partial charge in [0.05, 0.1) is 29.2 Å². The lowest BCUT2D eigenvalue weighted by atomic mass is 9.66. The van der Waals surface area contributed by atoms with E-state index in [1.54, 1.807) is 23.7 Å². The Morgan fingerprint density at radius 3 is 2.40 bits per heavy atom. The molecule has 0 aliphatic carbocycles. The molecule has 3 aliphatic heterocycles. The van der Waals surface area contributed by atoms with Crippen LogP contribution in [0.2, 0.25) is 0 Å². The quantitative estimate of drug-likeness (QED) is 0.583. The van der Waals surface area contributed by atoms with Crippen molar-refractivity contribution < 1.29 is 19.5 Å². The molecular formula is C22H37N3O4S. The smallest absolute Gasteiger partial charge is 0.244 e. The number of thioether (sulfide) groups is 1. The predicted molar refractivity (Wildman–Crippen MR) is 118 cm³/mol. The third-order valence-corrected chi connectivity index (χ3v) is 8.82. The molecule has 8 heteroatoms. The number of aliphatic hydroxyl groups is 1. The minimum atomic E-state index is -0.688. The van der Waals surface area contributed by atoms with Gasteiger partial charge >= 0.3 is 0 Å². The second-order valence-corrected chi connectivity index (χ2v) is 12.7. The Morgan fingerprint density at radius 2 is 1.90 bits per heavy atom. The van der Waals surface area contributed by atoms with E-state index in [0.717, 1.165) is 12.8 Å². The monoisotopic (exact) mass is 439 g/mol. The van der Waals surface area contributed by atoms with Crippen molar-refractivity contribution >= 4 is 29.5 Å². The zero-order valence-corrected chi connectivity index (χ0v) is 20.1. The molecule has 2 bridgehead atoms. The van der Waals surface area contributed by atoms with Crippen LogP contribution in [0.3, 0.4) is 0 Å². The average Bonchev–Trinajstić information content (AvgIpc) is 3.18. The van der Waals surface area contributed by atoms with Crippen LogP contribution in [-0.2, 0) is 14.4 Å². The highest BCUT2D eigenvalue weighted by atomic mass is 32.2. The SMILES string of the molecule is CNC(=O)[C@H]1[C@H]2C(=O)N([C@@H](CO)CC(C)C)C(C(=O)NC(C)(C)C)C23CC[C@]1(C)S3. The van der Waals surface area contributed by atoms with Crippen molar-refractivity contribution in [3.63, 3.8) is 0 Å². The predicted octanol–water partition coefficient (Wildman–Crippen LogP) is 1.54. The Bertz CT molecular complexity index is 736. The van der Waals surface area contributed by atoms with Crippen molar-refractivity contribution in [1.29, 1.82) is 0 Å². The van der Waals surface area contributed by atoms with E-state index in [1.165, 1.54) is 0 Å². The maximum Gasteiger partial charge on any atom is 0.244 e. The second-order valence-electron chi connectivity index (χ2n) is 10.8. The van der Waals surface area contributed by atoms with Crippen LogP contribution >= 0.6 is 11.8 Å². The van der Waals surface area contributed by atoms with Crippen LogP contribution in [0.4, 0.5) is 0 Å². The molecule has 3 rings (SSSR count). The Hall–Kier alpha value is -1.28. The largest absolute Gasteiger partial charge is 0.394 e. The van der Waals surface area contributed by atoms with Crippen LogP contribution in [0, 0.1) is 17.8 Å². The highest BCUT2D eigenvalue weighted by molar-refractivity contribution is 8.02. The van der Waals surface area contributed by atoms with Gasteiger partial charge in [-0.05, 0) is 52.9 Å². The topological polar surface area (TPSA) is 98.7 Å². The first-order valence-electron chi connectivity index (χ1n) is 11.0. The number of likely N-dealkylation sites (tertiary alicyclic amines) is 1. The Balaban J connectivity index is 2.11. The number of carbonyl (C=O) groups excluding carboxylic acids is 3. The van der Waals surface area contributed by atoms with Crippen molar-refractivity contribution in [2.75, 3.05) is 13.7 Å². The molecule has 3 aliphatic rings. The number of fused-ring (bicyclic) bond motifs is 1. The van der Waals surface area contributed by atoms with Gasteiger partial charge in [0, 0.05) is 17.3 Å². The lowest BCUT2D eigenvalue weighted by Crippen LogP contribution is -2.59. The van der Waals surface area contributed by atoms with Gasteiger partial charge in [0.15, 0.2) is 0 Å². The van der Waals surface area contributed by atoms with Crippen molar-refractivity contribution in [3.8, 4) is 0 Å². The van der Waals surface area contributed by atoms with Crippen LogP contribution in [0.15, 0.2) is 0 Å². The summed E-state index contributed by atoms with van der Waals surface area (Å²) >= 11 is 1.65. The molecule has 0 aromatic rings. The molecule has 3 amide bonds. The molecule has 3 N–H and O–H groups in total. The van der Waals surface area contributed by atoms with Gasteiger partial charge in [0.2, 0.25) is 17.7 Å². The number of hydrogen-bond acceptors (Lipinski definition) is 5. The fourth-order valence-corrected chi connectivity index (χ4v) is 8.21. The third-order valence-electron chi connectivity index (χ3n) is 6.84. The number of carbonyl (C=O) groups is 3. The standard InChI is InChI=1S/C22H37N3O4S/c1-12(2)10-13(11-26)25-16(18(28)24-20(3,4)5)22-9-8-21(6,30-22)14(17(27)23-7)15(22)19(25)29/h12-16,26H,8-11H2,1-7H3,(H,23,27)(H,24,28)/t13-,14-,15+,16?,21+,22?/m1/s1.